The fourth-order valence-corrected chi connectivity index (χ4v) is 9.31. The normalized spacial score (nSPS) is 16.1. The molecule has 10 rings (SSSR count). The lowest BCUT2D eigenvalue weighted by Gasteiger charge is -2.44. The number of fused-ring (bicyclic) bond motifs is 4. The van der Waals surface area contributed by atoms with Gasteiger partial charge in [-0.2, -0.15) is 0 Å². The molecular formula is C56H46. The molecule has 0 heterocycles. The third-order valence-electron chi connectivity index (χ3n) is 12.2. The molecule has 0 bridgehead atoms. The van der Waals surface area contributed by atoms with Gasteiger partial charge in [0.05, 0.1) is 8.22 Å². The van der Waals surface area contributed by atoms with Gasteiger partial charge in [-0.1, -0.05) is 203 Å². The Balaban J connectivity index is 1.44. The molecule has 56 heavy (non-hydrogen) atoms. The Labute approximate surface area is 339 Å². The van der Waals surface area contributed by atoms with Crippen molar-refractivity contribution in [3.63, 3.8) is 0 Å². The van der Waals surface area contributed by atoms with E-state index in [1.165, 1.54) is 0 Å². The summed E-state index contributed by atoms with van der Waals surface area (Å²) in [5.74, 6) is 0. The maximum atomic E-state index is 10.1. The summed E-state index contributed by atoms with van der Waals surface area (Å²) in [5, 5.41) is 4.53. The first-order valence-corrected chi connectivity index (χ1v) is 19.7. The van der Waals surface area contributed by atoms with Crippen molar-refractivity contribution in [3.8, 4) is 55.6 Å². The molecule has 0 spiro atoms. The van der Waals surface area contributed by atoms with E-state index in [4.69, 9.17) is 0 Å². The highest BCUT2D eigenvalue weighted by Gasteiger charge is 2.40. The molecular weight excluding hydrogens is 673 g/mol. The summed E-state index contributed by atoms with van der Waals surface area (Å²) in [6.45, 7) is 8.81. The predicted molar refractivity (Wildman–Crippen MR) is 241 cm³/mol. The van der Waals surface area contributed by atoms with Crippen LogP contribution in [0.3, 0.4) is 0 Å². The fraction of sp³-hybridized carbons (Fsp3) is 0.143. The highest BCUT2D eigenvalue weighted by atomic mass is 14.4. The zero-order chi connectivity index (χ0) is 43.2. The monoisotopic (exact) mass is 724 g/mol. The van der Waals surface area contributed by atoms with Crippen molar-refractivity contribution in [2.75, 3.05) is 0 Å². The van der Waals surface area contributed by atoms with Gasteiger partial charge in [0.2, 0.25) is 0 Å². The molecule has 0 aromatic heterocycles. The van der Waals surface area contributed by atoms with E-state index in [9.17, 15) is 8.22 Å². The van der Waals surface area contributed by atoms with Crippen molar-refractivity contribution >= 4 is 32.3 Å². The van der Waals surface area contributed by atoms with Crippen molar-refractivity contribution in [2.24, 2.45) is 0 Å². The number of rotatable bonds is 5. The van der Waals surface area contributed by atoms with Crippen LogP contribution in [0.5, 0.6) is 0 Å². The summed E-state index contributed by atoms with van der Waals surface area (Å²) < 4.78 is 58.2. The van der Waals surface area contributed by atoms with E-state index in [-0.39, 0.29) is 36.3 Å². The Morgan fingerprint density at radius 2 is 0.982 bits per heavy atom. The Bertz CT molecular complexity index is 3290. The molecule has 0 nitrogen and oxygen atoms in total. The van der Waals surface area contributed by atoms with Gasteiger partial charge < -0.3 is 0 Å². The fourth-order valence-electron chi connectivity index (χ4n) is 9.31. The van der Waals surface area contributed by atoms with Gasteiger partial charge in [-0.15, -0.1) is 0 Å². The van der Waals surface area contributed by atoms with Gasteiger partial charge in [0.1, 0.15) is 0 Å². The molecule has 0 heteroatoms. The van der Waals surface area contributed by atoms with Crippen LogP contribution < -0.4 is 0 Å². The van der Waals surface area contributed by atoms with Crippen LogP contribution in [0.1, 0.15) is 59.9 Å². The minimum atomic E-state index is -0.455. The topological polar surface area (TPSA) is 0 Å². The molecule has 9 aromatic carbocycles. The minimum Gasteiger partial charge on any atom is -0.0622 e. The molecule has 9 aromatic rings. The average Bonchev–Trinajstić information content (AvgIpc) is 3.29. The molecule has 0 amide bonds. The molecule has 0 radical (unpaired) electrons. The van der Waals surface area contributed by atoms with Crippen molar-refractivity contribution in [1.29, 1.82) is 0 Å². The van der Waals surface area contributed by atoms with Crippen molar-refractivity contribution < 1.29 is 8.22 Å². The highest BCUT2D eigenvalue weighted by molar-refractivity contribution is 6.25. The van der Waals surface area contributed by atoms with Crippen LogP contribution in [0.4, 0.5) is 0 Å². The smallest absolute Gasteiger partial charge is 0.0622 e. The Morgan fingerprint density at radius 3 is 1.71 bits per heavy atom. The maximum Gasteiger partial charge on any atom is 0.0630 e. The van der Waals surface area contributed by atoms with Crippen LogP contribution in [-0.2, 0) is 10.8 Å². The number of hydrogen-bond acceptors (Lipinski definition) is 0. The Morgan fingerprint density at radius 1 is 0.393 bits per heavy atom. The van der Waals surface area contributed by atoms with E-state index >= 15 is 0 Å². The van der Waals surface area contributed by atoms with Crippen LogP contribution >= 0.6 is 0 Å². The molecule has 0 saturated heterocycles. The molecule has 270 valence electrons. The van der Waals surface area contributed by atoms with Crippen LogP contribution in [0, 0.1) is 0 Å². The highest BCUT2D eigenvalue weighted by Crippen LogP contribution is 2.56. The third-order valence-corrected chi connectivity index (χ3v) is 12.2. The summed E-state index contributed by atoms with van der Waals surface area (Å²) in [4.78, 5) is 0. The molecule has 0 N–H and O–H groups in total. The first-order chi connectivity index (χ1) is 29.8. The lowest BCUT2D eigenvalue weighted by atomic mass is 9.60. The quantitative estimate of drug-likeness (QED) is 0.155. The van der Waals surface area contributed by atoms with E-state index in [1.54, 1.807) is 0 Å². The van der Waals surface area contributed by atoms with Gasteiger partial charge in [0.15, 0.2) is 0 Å². The molecule has 0 fully saturated rings. The summed E-state index contributed by atoms with van der Waals surface area (Å²) in [7, 11) is 0. The largest absolute Gasteiger partial charge is 0.0630 e. The Kier molecular flexibility index (Phi) is 6.65. The lowest BCUT2D eigenvalue weighted by molar-refractivity contribution is 0.333. The standard InChI is InChI=1S/C56H46/c1-55(2)34-35-56(3,4)54-50(55)33-32-49(43-24-12-11-23-41(43)38-20-9-6-10-21-38)53(54)52-47-27-15-13-25-45(47)51(46-26-14-16-28-48(46)52)44-29-17-22-40-36-39(30-31-42(40)44)37-18-7-5-8-19-37/h5-33,36H,34-35H2,1-4H3/i13D,15D,25D,27D,32D,33D. The summed E-state index contributed by atoms with van der Waals surface area (Å²) in [6.07, 6.45) is 1.67. The van der Waals surface area contributed by atoms with Crippen molar-refractivity contribution in [3.05, 3.63) is 193 Å². The van der Waals surface area contributed by atoms with Gasteiger partial charge in [-0.25, -0.2) is 0 Å². The second-order valence-corrected chi connectivity index (χ2v) is 16.6. The van der Waals surface area contributed by atoms with Gasteiger partial charge in [-0.3, -0.25) is 0 Å². The van der Waals surface area contributed by atoms with Gasteiger partial charge in [-0.05, 0) is 129 Å². The molecule has 0 saturated carbocycles. The number of hydrogen-bond donors (Lipinski definition) is 0. The average molecular weight is 725 g/mol. The molecule has 0 atom stereocenters. The number of benzene rings is 9. The summed E-state index contributed by atoms with van der Waals surface area (Å²) in [5.41, 5.74) is 9.49. The zero-order valence-corrected chi connectivity index (χ0v) is 32.3. The Hall–Kier alpha value is -6.24. The van der Waals surface area contributed by atoms with Crippen LogP contribution in [0.2, 0.25) is 0 Å². The van der Waals surface area contributed by atoms with E-state index < -0.39 is 10.8 Å². The van der Waals surface area contributed by atoms with E-state index in [1.807, 2.05) is 72.8 Å². The molecule has 0 unspecified atom stereocenters. The first-order valence-electron chi connectivity index (χ1n) is 22.7. The van der Waals surface area contributed by atoms with Gasteiger partial charge in [0.25, 0.3) is 0 Å². The van der Waals surface area contributed by atoms with Crippen LogP contribution in [-0.4, -0.2) is 0 Å². The second-order valence-electron chi connectivity index (χ2n) is 16.6. The van der Waals surface area contributed by atoms with Gasteiger partial charge >= 0.3 is 0 Å². The predicted octanol–water partition coefficient (Wildman–Crippen LogP) is 15.8. The molecule has 1 aliphatic carbocycles. The second kappa shape index (κ2) is 13.2. The van der Waals surface area contributed by atoms with E-state index in [0.717, 1.165) is 90.0 Å². The van der Waals surface area contributed by atoms with Crippen LogP contribution in [0.25, 0.3) is 88.0 Å². The van der Waals surface area contributed by atoms with E-state index in [0.29, 0.717) is 21.9 Å². The molecule has 1 aliphatic rings. The lowest BCUT2D eigenvalue weighted by Crippen LogP contribution is -2.34. The molecule has 0 aliphatic heterocycles. The zero-order valence-electron chi connectivity index (χ0n) is 38.3. The van der Waals surface area contributed by atoms with Crippen LogP contribution in [0.15, 0.2) is 182 Å². The van der Waals surface area contributed by atoms with E-state index in [2.05, 4.69) is 100 Å². The summed E-state index contributed by atoms with van der Waals surface area (Å²) >= 11 is 0. The minimum absolute atomic E-state index is 0.108. The summed E-state index contributed by atoms with van der Waals surface area (Å²) in [6, 6.07) is 48.8. The first kappa shape index (κ1) is 28.2. The van der Waals surface area contributed by atoms with Crippen molar-refractivity contribution in [1.82, 2.24) is 0 Å². The third kappa shape index (κ3) is 5.50. The van der Waals surface area contributed by atoms with Gasteiger partial charge in [0, 0.05) is 0 Å². The SMILES string of the molecule is [2H]c1c([2H])c2c(c(-c3c4ccccc4c(-c4cccc5cc(-c6ccccc6)ccc45)c4c([2H])c([2H])c([2H])c([2H])c34)c1-c1ccccc1-c1ccccc1)C(C)(C)CCC2(C)C. The van der Waals surface area contributed by atoms with Crippen molar-refractivity contribution in [2.45, 2.75) is 51.4 Å². The maximum absolute atomic E-state index is 10.1.